The Labute approximate surface area is 148 Å². The third-order valence-corrected chi connectivity index (χ3v) is 4.97. The summed E-state index contributed by atoms with van der Waals surface area (Å²) in [5.74, 6) is -0.834. The van der Waals surface area contributed by atoms with E-state index in [9.17, 15) is 14.0 Å². The average molecular weight is 359 g/mol. The number of hydrogen-bond donors (Lipinski definition) is 1. The normalized spacial score (nSPS) is 11.7. The van der Waals surface area contributed by atoms with Crippen molar-refractivity contribution in [3.05, 3.63) is 68.8 Å². The summed E-state index contributed by atoms with van der Waals surface area (Å²) in [4.78, 5) is 30.5. The first-order valence-electron chi connectivity index (χ1n) is 7.80. The number of aromatic nitrogens is 2. The minimum Gasteiger partial charge on any atom is -0.351 e. The van der Waals surface area contributed by atoms with Crippen LogP contribution in [0.3, 0.4) is 0 Å². The molecule has 5 nitrogen and oxygen atoms in total. The number of nitrogens with zero attached hydrogens (tertiary/aromatic N) is 2. The van der Waals surface area contributed by atoms with Crippen molar-refractivity contribution in [2.24, 2.45) is 0 Å². The van der Waals surface area contributed by atoms with Gasteiger partial charge in [0.1, 0.15) is 11.4 Å². The Balaban J connectivity index is 1.82. The van der Waals surface area contributed by atoms with Gasteiger partial charge in [-0.1, -0.05) is 32.0 Å². The number of aryl methyl sites for hydroxylation is 1. The fourth-order valence-electron chi connectivity index (χ4n) is 2.65. The molecule has 0 aliphatic carbocycles. The molecule has 0 aliphatic rings. The summed E-state index contributed by atoms with van der Waals surface area (Å²) in [5.41, 5.74) is -0.544. The Bertz CT molecular complexity index is 1010. The van der Waals surface area contributed by atoms with Crippen LogP contribution in [0.15, 0.2) is 41.5 Å². The maximum atomic E-state index is 14.0. The monoisotopic (exact) mass is 359 g/mol. The van der Waals surface area contributed by atoms with E-state index in [2.05, 4.69) is 10.3 Å². The van der Waals surface area contributed by atoms with E-state index in [1.165, 1.54) is 28.0 Å². The van der Waals surface area contributed by atoms with Gasteiger partial charge in [-0.25, -0.2) is 9.37 Å². The van der Waals surface area contributed by atoms with Crippen LogP contribution in [0.2, 0.25) is 0 Å². The van der Waals surface area contributed by atoms with Gasteiger partial charge in [-0.2, -0.15) is 0 Å². The molecule has 0 saturated heterocycles. The van der Waals surface area contributed by atoms with Gasteiger partial charge in [0, 0.05) is 29.2 Å². The number of benzene rings is 1. The van der Waals surface area contributed by atoms with Gasteiger partial charge >= 0.3 is 0 Å². The van der Waals surface area contributed by atoms with Crippen LogP contribution >= 0.6 is 11.3 Å². The highest BCUT2D eigenvalue weighted by atomic mass is 32.1. The Morgan fingerprint density at radius 1 is 1.36 bits per heavy atom. The number of nitrogens with one attached hydrogen (secondary N) is 1. The molecule has 25 heavy (non-hydrogen) atoms. The molecule has 0 spiro atoms. The fraction of sp³-hybridized carbons (Fsp3) is 0.278. The molecule has 2 heterocycles. The van der Waals surface area contributed by atoms with Gasteiger partial charge in [-0.15, -0.1) is 11.3 Å². The zero-order chi connectivity index (χ0) is 18.2. The van der Waals surface area contributed by atoms with Gasteiger partial charge < -0.3 is 5.32 Å². The maximum absolute atomic E-state index is 14.0. The Morgan fingerprint density at radius 3 is 2.80 bits per heavy atom. The van der Waals surface area contributed by atoms with Crippen LogP contribution in [0.25, 0.3) is 4.96 Å². The molecule has 7 heteroatoms. The van der Waals surface area contributed by atoms with E-state index >= 15 is 0 Å². The Kier molecular flexibility index (Phi) is 4.43. The summed E-state index contributed by atoms with van der Waals surface area (Å²) in [5, 5.41) is 2.72. The van der Waals surface area contributed by atoms with Crippen molar-refractivity contribution >= 4 is 22.2 Å². The zero-order valence-corrected chi connectivity index (χ0v) is 15.0. The molecule has 0 atom stereocenters. The summed E-state index contributed by atoms with van der Waals surface area (Å²) in [7, 11) is 0. The van der Waals surface area contributed by atoms with E-state index in [4.69, 9.17) is 0 Å². The molecule has 0 radical (unpaired) electrons. The van der Waals surface area contributed by atoms with Crippen molar-refractivity contribution in [2.75, 3.05) is 6.54 Å². The molecule has 0 aliphatic heterocycles. The molecule has 1 amide bonds. The highest BCUT2D eigenvalue weighted by Crippen LogP contribution is 2.24. The van der Waals surface area contributed by atoms with Crippen LogP contribution in [0.4, 0.5) is 4.39 Å². The lowest BCUT2D eigenvalue weighted by atomic mass is 9.84. The molecular formula is C18H18FN3O2S. The van der Waals surface area contributed by atoms with Gasteiger partial charge in [-0.05, 0) is 18.6 Å². The second-order valence-corrected chi connectivity index (χ2v) is 7.73. The molecule has 130 valence electrons. The SMILES string of the molecule is Cc1cn2c(=O)c(C(=O)NCC(C)(C)c3ccccc3F)cnc2s1. The van der Waals surface area contributed by atoms with Gasteiger partial charge in [0.05, 0.1) is 0 Å². The first-order chi connectivity index (χ1) is 11.8. The van der Waals surface area contributed by atoms with Crippen LogP contribution in [-0.4, -0.2) is 21.8 Å². The van der Waals surface area contributed by atoms with Gasteiger partial charge in [0.25, 0.3) is 11.5 Å². The predicted octanol–water partition coefficient (Wildman–Crippen LogP) is 2.91. The fourth-order valence-corrected chi connectivity index (χ4v) is 3.44. The minimum atomic E-state index is -0.617. The Morgan fingerprint density at radius 2 is 2.08 bits per heavy atom. The molecule has 0 saturated carbocycles. The summed E-state index contributed by atoms with van der Waals surface area (Å²) in [6.45, 7) is 5.73. The standard InChI is InChI=1S/C18H18FN3O2S/c1-11-9-22-16(24)12(8-20-17(22)25-11)15(23)21-10-18(2,3)13-6-4-5-7-14(13)19/h4-9H,10H2,1-3H3,(H,21,23). The van der Waals surface area contributed by atoms with Crippen LogP contribution in [-0.2, 0) is 5.41 Å². The number of fused-ring (bicyclic) bond motifs is 1. The lowest BCUT2D eigenvalue weighted by Gasteiger charge is -2.26. The molecule has 1 N–H and O–H groups in total. The van der Waals surface area contributed by atoms with E-state index in [1.807, 2.05) is 20.8 Å². The van der Waals surface area contributed by atoms with Crippen molar-refractivity contribution in [3.8, 4) is 0 Å². The van der Waals surface area contributed by atoms with Crippen molar-refractivity contribution in [1.82, 2.24) is 14.7 Å². The first kappa shape index (κ1) is 17.3. The van der Waals surface area contributed by atoms with Crippen LogP contribution < -0.4 is 10.9 Å². The zero-order valence-electron chi connectivity index (χ0n) is 14.2. The quantitative estimate of drug-likeness (QED) is 0.779. The molecule has 2 aromatic heterocycles. The lowest BCUT2D eigenvalue weighted by molar-refractivity contribution is 0.0943. The van der Waals surface area contributed by atoms with Crippen LogP contribution in [0.1, 0.15) is 34.6 Å². The van der Waals surface area contributed by atoms with Crippen LogP contribution in [0.5, 0.6) is 0 Å². The van der Waals surface area contributed by atoms with Crippen LogP contribution in [0, 0.1) is 12.7 Å². The summed E-state index contributed by atoms with van der Waals surface area (Å²) in [6, 6.07) is 6.46. The van der Waals surface area contributed by atoms with E-state index in [0.717, 1.165) is 4.88 Å². The number of carbonyl (C=O) groups excluding carboxylic acids is 1. The van der Waals surface area contributed by atoms with Crippen molar-refractivity contribution in [3.63, 3.8) is 0 Å². The van der Waals surface area contributed by atoms with Gasteiger partial charge in [0.2, 0.25) is 0 Å². The molecule has 3 aromatic rings. The second-order valence-electron chi connectivity index (χ2n) is 6.52. The molecule has 0 bridgehead atoms. The van der Waals surface area contributed by atoms with Gasteiger partial charge in [-0.3, -0.25) is 14.0 Å². The Hall–Kier alpha value is -2.54. The van der Waals surface area contributed by atoms with Gasteiger partial charge in [0.15, 0.2) is 4.96 Å². The third kappa shape index (κ3) is 3.32. The number of halogens is 1. The number of hydrogen-bond acceptors (Lipinski definition) is 4. The average Bonchev–Trinajstić information content (AvgIpc) is 2.95. The molecular weight excluding hydrogens is 341 g/mol. The maximum Gasteiger partial charge on any atom is 0.271 e. The molecule has 1 aromatic carbocycles. The number of amides is 1. The van der Waals surface area contributed by atoms with Crippen molar-refractivity contribution < 1.29 is 9.18 Å². The number of carbonyl (C=O) groups is 1. The highest BCUT2D eigenvalue weighted by molar-refractivity contribution is 7.16. The third-order valence-electron chi connectivity index (χ3n) is 4.06. The van der Waals surface area contributed by atoms with E-state index < -0.39 is 16.9 Å². The second kappa shape index (κ2) is 6.40. The summed E-state index contributed by atoms with van der Waals surface area (Å²) in [6.07, 6.45) is 2.95. The van der Waals surface area contributed by atoms with E-state index in [-0.39, 0.29) is 17.9 Å². The largest absolute Gasteiger partial charge is 0.351 e. The highest BCUT2D eigenvalue weighted by Gasteiger charge is 2.25. The smallest absolute Gasteiger partial charge is 0.271 e. The molecule has 0 fully saturated rings. The topological polar surface area (TPSA) is 63.5 Å². The molecule has 0 unspecified atom stereocenters. The minimum absolute atomic E-state index is 0.0281. The number of rotatable bonds is 4. The van der Waals surface area contributed by atoms with Crippen molar-refractivity contribution in [2.45, 2.75) is 26.2 Å². The summed E-state index contributed by atoms with van der Waals surface area (Å²) < 4.78 is 15.4. The summed E-state index contributed by atoms with van der Waals surface area (Å²) >= 11 is 1.38. The first-order valence-corrected chi connectivity index (χ1v) is 8.62. The number of thiazole rings is 1. The van der Waals surface area contributed by atoms with Crippen molar-refractivity contribution in [1.29, 1.82) is 0 Å². The van der Waals surface area contributed by atoms with E-state index in [1.54, 1.807) is 24.4 Å². The lowest BCUT2D eigenvalue weighted by Crippen LogP contribution is -2.39. The molecule has 3 rings (SSSR count). The predicted molar refractivity (Wildman–Crippen MR) is 95.8 cm³/mol. The van der Waals surface area contributed by atoms with E-state index in [0.29, 0.717) is 10.5 Å².